The molecule has 12 heavy (non-hydrogen) atoms. The molecular formula is C9H21N2Si+. The van der Waals surface area contributed by atoms with E-state index in [1.807, 2.05) is 0 Å². The fourth-order valence-corrected chi connectivity index (χ4v) is 4.53. The van der Waals surface area contributed by atoms with Gasteiger partial charge < -0.3 is 0 Å². The van der Waals surface area contributed by atoms with Gasteiger partial charge in [0.25, 0.3) is 0 Å². The summed E-state index contributed by atoms with van der Waals surface area (Å²) in [5.74, 6) is 0. The second kappa shape index (κ2) is 3.57. The fraction of sp³-hybridized carbons (Fsp3) is 1.00. The van der Waals surface area contributed by atoms with Crippen molar-refractivity contribution in [2.24, 2.45) is 0 Å². The van der Waals surface area contributed by atoms with E-state index in [-0.39, 0.29) is 7.43 Å². The van der Waals surface area contributed by atoms with Gasteiger partial charge in [-0.15, -0.1) is 0 Å². The van der Waals surface area contributed by atoms with Gasteiger partial charge in [-0.25, -0.2) is 0 Å². The van der Waals surface area contributed by atoms with E-state index in [0.29, 0.717) is 5.04 Å². The maximum Gasteiger partial charge on any atom is 0.567 e. The zero-order valence-corrected chi connectivity index (χ0v) is 8.72. The number of nitrogens with zero attached hydrogens (tertiary/aromatic N) is 2. The molecule has 0 amide bonds. The van der Waals surface area contributed by atoms with Crippen LogP contribution in [0.15, 0.2) is 0 Å². The van der Waals surface area contributed by atoms with Crippen molar-refractivity contribution in [1.29, 1.82) is 5.39 Å². The first-order valence-corrected chi connectivity index (χ1v) is 7.04. The Kier molecular flexibility index (Phi) is 3.46. The smallest absolute Gasteiger partial charge is 0.0776 e. The van der Waals surface area contributed by atoms with Crippen LogP contribution in [0.3, 0.4) is 0 Å². The predicted molar refractivity (Wildman–Crippen MR) is 56.1 cm³/mol. The number of hydrogen-bond acceptors (Lipinski definition) is 1. The van der Waals surface area contributed by atoms with Gasteiger partial charge in [-0.1, -0.05) is 27.7 Å². The lowest BCUT2D eigenvalue weighted by molar-refractivity contribution is 0.512. The van der Waals surface area contributed by atoms with Crippen molar-refractivity contribution >= 4 is 8.24 Å². The zero-order chi connectivity index (χ0) is 8.54. The topological polar surface area (TPSA) is 28.1 Å². The summed E-state index contributed by atoms with van der Waals surface area (Å²) in [6.07, 6.45) is 3.81. The average molecular weight is 185 g/mol. The summed E-state index contributed by atoms with van der Waals surface area (Å²) < 4.78 is 3.67. The molecule has 70 valence electrons. The Labute approximate surface area is 77.1 Å². The Bertz CT molecular complexity index is 195. The normalized spacial score (nSPS) is 33.2. The molecule has 1 aliphatic rings. The van der Waals surface area contributed by atoms with Crippen LogP contribution in [0.4, 0.5) is 0 Å². The Morgan fingerprint density at radius 1 is 1.33 bits per heavy atom. The molecule has 0 bridgehead atoms. The Morgan fingerprint density at radius 2 is 1.92 bits per heavy atom. The molecule has 1 aliphatic heterocycles. The van der Waals surface area contributed by atoms with Crippen LogP contribution in [0.25, 0.3) is 4.64 Å². The van der Waals surface area contributed by atoms with Gasteiger partial charge in [0, 0.05) is 17.6 Å². The van der Waals surface area contributed by atoms with Gasteiger partial charge in [-0.3, -0.25) is 0 Å². The highest BCUT2D eigenvalue weighted by Gasteiger charge is 2.61. The van der Waals surface area contributed by atoms with E-state index in [1.54, 1.807) is 0 Å². The quantitative estimate of drug-likeness (QED) is 0.414. The lowest BCUT2D eigenvalue weighted by Crippen LogP contribution is -2.41. The first kappa shape index (κ1) is 11.6. The van der Waals surface area contributed by atoms with E-state index in [4.69, 9.17) is 5.39 Å². The Morgan fingerprint density at radius 3 is 2.25 bits per heavy atom. The molecule has 0 radical (unpaired) electrons. The van der Waals surface area contributed by atoms with Crippen molar-refractivity contribution < 1.29 is 0 Å². The first-order chi connectivity index (χ1) is 5.02. The first-order valence-electron chi connectivity index (χ1n) is 4.38. The van der Waals surface area contributed by atoms with E-state index >= 15 is 0 Å². The SMILES string of the molecule is C.CC1(C)CCCC[Si]1(C)[N+]#N. The van der Waals surface area contributed by atoms with E-state index in [0.717, 1.165) is 6.04 Å². The van der Waals surface area contributed by atoms with Crippen molar-refractivity contribution in [1.82, 2.24) is 0 Å². The van der Waals surface area contributed by atoms with Crippen LogP contribution >= 0.6 is 0 Å². The summed E-state index contributed by atoms with van der Waals surface area (Å²) >= 11 is 0. The summed E-state index contributed by atoms with van der Waals surface area (Å²) in [6, 6.07) is 1.16. The third-order valence-corrected chi connectivity index (χ3v) is 8.33. The van der Waals surface area contributed by atoms with Gasteiger partial charge in [0.05, 0.1) is 0 Å². The zero-order valence-electron chi connectivity index (χ0n) is 7.72. The molecule has 1 unspecified atom stereocenters. The Hall–Kier alpha value is -0.363. The largest absolute Gasteiger partial charge is 0.567 e. The third-order valence-electron chi connectivity index (χ3n) is 3.39. The van der Waals surface area contributed by atoms with Gasteiger partial charge in [0.15, 0.2) is 5.39 Å². The molecular weight excluding hydrogens is 164 g/mol. The van der Waals surface area contributed by atoms with Crippen molar-refractivity contribution in [3.63, 3.8) is 0 Å². The van der Waals surface area contributed by atoms with Crippen molar-refractivity contribution in [2.45, 2.75) is 58.2 Å². The molecule has 1 heterocycles. The molecule has 1 saturated heterocycles. The molecule has 0 aliphatic carbocycles. The molecule has 1 atom stereocenters. The van der Waals surface area contributed by atoms with Crippen LogP contribution in [0.2, 0.25) is 17.6 Å². The second-order valence-corrected chi connectivity index (χ2v) is 9.07. The Balaban J connectivity index is 0.00000121. The van der Waals surface area contributed by atoms with Crippen molar-refractivity contribution in [3.05, 3.63) is 4.64 Å². The van der Waals surface area contributed by atoms with Crippen molar-refractivity contribution in [3.8, 4) is 0 Å². The molecule has 0 aromatic heterocycles. The van der Waals surface area contributed by atoms with Gasteiger partial charge in [0.1, 0.15) is 0 Å². The number of hydrogen-bond donors (Lipinski definition) is 0. The minimum absolute atomic E-state index is 0. The van der Waals surface area contributed by atoms with Crippen LogP contribution in [0.1, 0.15) is 40.5 Å². The number of rotatable bonds is 0. The summed E-state index contributed by atoms with van der Waals surface area (Å²) in [5, 5.41) is 9.28. The minimum atomic E-state index is -1.66. The second-order valence-electron chi connectivity index (χ2n) is 4.46. The van der Waals surface area contributed by atoms with Crippen LogP contribution in [-0.4, -0.2) is 8.24 Å². The van der Waals surface area contributed by atoms with Crippen LogP contribution in [-0.2, 0) is 0 Å². The highest BCUT2D eigenvalue weighted by molar-refractivity contribution is 6.84. The average Bonchev–Trinajstić information content (AvgIpc) is 1.95. The minimum Gasteiger partial charge on any atom is -0.0776 e. The third kappa shape index (κ3) is 1.69. The predicted octanol–water partition coefficient (Wildman–Crippen LogP) is 4.01. The van der Waals surface area contributed by atoms with E-state index in [9.17, 15) is 0 Å². The summed E-state index contributed by atoms with van der Waals surface area (Å²) in [7, 11) is -1.66. The standard InChI is InChI=1S/C8H17N2Si.CH4/c1-8(2)6-4-5-7-11(8,3)10-9;/h4-7H2,1-3H3;1H4/q+1;. The van der Waals surface area contributed by atoms with Crippen LogP contribution in [0.5, 0.6) is 0 Å². The lowest BCUT2D eigenvalue weighted by atomic mass is 10.1. The molecule has 0 saturated carbocycles. The molecule has 0 spiro atoms. The highest BCUT2D eigenvalue weighted by atomic mass is 28.3. The summed E-state index contributed by atoms with van der Waals surface area (Å²) in [4.78, 5) is 0. The molecule has 1 fully saturated rings. The van der Waals surface area contributed by atoms with Gasteiger partial charge in [-0.05, 0) is 17.5 Å². The fourth-order valence-electron chi connectivity index (χ4n) is 1.83. The van der Waals surface area contributed by atoms with Gasteiger partial charge in [-0.2, -0.15) is 0 Å². The summed E-state index contributed by atoms with van der Waals surface area (Å²) in [6.45, 7) is 6.68. The maximum atomic E-state index is 8.97. The summed E-state index contributed by atoms with van der Waals surface area (Å²) in [5.41, 5.74) is 0. The molecule has 1 rings (SSSR count). The highest BCUT2D eigenvalue weighted by Crippen LogP contribution is 2.49. The monoisotopic (exact) mass is 185 g/mol. The maximum absolute atomic E-state index is 8.97. The number of diazo groups is 1. The molecule has 0 aromatic carbocycles. The van der Waals surface area contributed by atoms with Gasteiger partial charge >= 0.3 is 8.24 Å². The molecule has 2 nitrogen and oxygen atoms in total. The van der Waals surface area contributed by atoms with Crippen LogP contribution in [0, 0.1) is 5.39 Å². The van der Waals surface area contributed by atoms with E-state index in [1.165, 1.54) is 19.3 Å². The van der Waals surface area contributed by atoms with Crippen molar-refractivity contribution in [2.75, 3.05) is 0 Å². The van der Waals surface area contributed by atoms with E-state index in [2.05, 4.69) is 25.0 Å². The lowest BCUT2D eigenvalue weighted by Gasteiger charge is -2.30. The molecule has 0 aromatic rings. The van der Waals surface area contributed by atoms with Gasteiger partial charge in [0.2, 0.25) is 0 Å². The molecule has 3 heteroatoms. The van der Waals surface area contributed by atoms with E-state index < -0.39 is 8.24 Å². The molecule has 0 N–H and O–H groups in total. The van der Waals surface area contributed by atoms with Crippen LogP contribution < -0.4 is 0 Å².